The number of amides is 3. The zero-order chi connectivity index (χ0) is 22.5. The van der Waals surface area contributed by atoms with E-state index < -0.39 is 35.7 Å². The quantitative estimate of drug-likeness (QED) is 0.411. The lowest BCUT2D eigenvalue weighted by molar-refractivity contribution is -0.183. The van der Waals surface area contributed by atoms with Crippen LogP contribution in [0.4, 0.5) is 0 Å². The number of carbonyl (C=O) groups is 5. The molecule has 2 heterocycles. The Balaban J connectivity index is 1.78. The molecule has 0 unspecified atom stereocenters. The zero-order valence-electron chi connectivity index (χ0n) is 17.7. The number of carbonyl (C=O) groups excluding carboxylic acids is 5. The van der Waals surface area contributed by atoms with Crippen molar-refractivity contribution in [1.29, 1.82) is 0 Å². The van der Waals surface area contributed by atoms with Crippen molar-refractivity contribution in [3.05, 3.63) is 35.9 Å². The molecule has 2 atom stereocenters. The van der Waals surface area contributed by atoms with Gasteiger partial charge in [0.25, 0.3) is 11.8 Å². The summed E-state index contributed by atoms with van der Waals surface area (Å²) in [5.74, 6) is -3.05. The van der Waals surface area contributed by atoms with Crippen LogP contribution in [0.2, 0.25) is 0 Å². The molecule has 0 saturated carbocycles. The Morgan fingerprint density at radius 3 is 2.52 bits per heavy atom. The first-order valence-corrected chi connectivity index (χ1v) is 10.5. The smallest absolute Gasteiger partial charge is 0.331 e. The van der Waals surface area contributed by atoms with Crippen LogP contribution >= 0.6 is 0 Å². The monoisotopic (exact) mass is 429 g/mol. The Kier molecular flexibility index (Phi) is 7.04. The third-order valence-electron chi connectivity index (χ3n) is 5.24. The molecule has 31 heavy (non-hydrogen) atoms. The number of ketones is 1. The molecule has 1 aromatic rings. The summed E-state index contributed by atoms with van der Waals surface area (Å²) in [5.41, 5.74) is 0.201. The average Bonchev–Trinajstić information content (AvgIpc) is 2.89. The summed E-state index contributed by atoms with van der Waals surface area (Å²) in [6.07, 6.45) is 0.975. The van der Waals surface area contributed by atoms with Crippen molar-refractivity contribution < 1.29 is 28.7 Å². The lowest BCUT2D eigenvalue weighted by atomic mass is 10.1. The minimum Gasteiger partial charge on any atom is -0.464 e. The maximum Gasteiger partial charge on any atom is 0.331 e. The number of fused-ring (bicyclic) bond motifs is 1. The largest absolute Gasteiger partial charge is 0.464 e. The first-order chi connectivity index (χ1) is 14.8. The molecule has 0 radical (unpaired) electrons. The summed E-state index contributed by atoms with van der Waals surface area (Å²) < 4.78 is 5.32. The number of nitrogens with one attached hydrogen (secondary N) is 1. The van der Waals surface area contributed by atoms with Crippen molar-refractivity contribution in [1.82, 2.24) is 15.3 Å². The lowest BCUT2D eigenvalue weighted by Crippen LogP contribution is -2.62. The van der Waals surface area contributed by atoms with Crippen molar-refractivity contribution in [2.75, 3.05) is 13.2 Å². The van der Waals surface area contributed by atoms with Crippen LogP contribution in [0.25, 0.3) is 0 Å². The van der Waals surface area contributed by atoms with Crippen LogP contribution in [0.1, 0.15) is 49.9 Å². The summed E-state index contributed by atoms with van der Waals surface area (Å²) in [6.45, 7) is 4.31. The van der Waals surface area contributed by atoms with Gasteiger partial charge in [0.1, 0.15) is 6.04 Å². The number of nitrogens with zero attached hydrogens (tertiary/aromatic N) is 2. The van der Waals surface area contributed by atoms with Gasteiger partial charge in [0.15, 0.2) is 6.04 Å². The second-order valence-corrected chi connectivity index (χ2v) is 8.14. The van der Waals surface area contributed by atoms with Crippen LogP contribution in [-0.2, 0) is 23.9 Å². The van der Waals surface area contributed by atoms with Crippen LogP contribution in [0.5, 0.6) is 0 Å². The molecular formula is C22H27N3O6. The molecule has 0 aliphatic carbocycles. The molecule has 2 aliphatic rings. The minimum atomic E-state index is -1.09. The summed E-state index contributed by atoms with van der Waals surface area (Å²) in [5, 5.41) is 4.86. The zero-order valence-corrected chi connectivity index (χ0v) is 17.7. The number of benzene rings is 1. The highest BCUT2D eigenvalue weighted by atomic mass is 16.5. The fourth-order valence-corrected chi connectivity index (χ4v) is 3.67. The van der Waals surface area contributed by atoms with Gasteiger partial charge in [0.05, 0.1) is 6.61 Å². The van der Waals surface area contributed by atoms with Crippen molar-refractivity contribution in [3.63, 3.8) is 0 Å². The van der Waals surface area contributed by atoms with Gasteiger partial charge >= 0.3 is 5.97 Å². The van der Waals surface area contributed by atoms with E-state index >= 15 is 0 Å². The van der Waals surface area contributed by atoms with E-state index in [2.05, 4.69) is 5.32 Å². The molecule has 1 N–H and O–H groups in total. The molecule has 166 valence electrons. The Morgan fingerprint density at radius 1 is 1.13 bits per heavy atom. The SMILES string of the molecule is CC(C)COC(=O)[C@@H]1CCCN2C(=O)CC[C@H](NC(=O)C(=O)c3ccccc3)C(=O)N12. The molecule has 0 spiro atoms. The first kappa shape index (κ1) is 22.5. The van der Waals surface area contributed by atoms with Gasteiger partial charge in [-0.25, -0.2) is 9.80 Å². The standard InChI is InChI=1S/C22H27N3O6/c1-14(2)13-31-22(30)17-9-6-12-24-18(26)11-10-16(21(29)25(17)24)23-20(28)19(27)15-7-4-3-5-8-15/h3-5,7-8,14,16-17H,6,9-13H2,1-2H3,(H,23,28)/t16-,17-/m0/s1. The predicted octanol–water partition coefficient (Wildman–Crippen LogP) is 1.08. The number of hydrazine groups is 1. The Hall–Kier alpha value is -3.23. The fraction of sp³-hybridized carbons (Fsp3) is 0.500. The number of hydrogen-bond acceptors (Lipinski definition) is 6. The lowest BCUT2D eigenvalue weighted by Gasteiger charge is -2.42. The van der Waals surface area contributed by atoms with Crippen molar-refractivity contribution >= 4 is 29.5 Å². The van der Waals surface area contributed by atoms with E-state index in [1.165, 1.54) is 17.1 Å². The van der Waals surface area contributed by atoms with Crippen LogP contribution in [0.15, 0.2) is 30.3 Å². The molecule has 9 nitrogen and oxygen atoms in total. The molecule has 2 aliphatic heterocycles. The van der Waals surface area contributed by atoms with Gasteiger partial charge < -0.3 is 10.1 Å². The second-order valence-electron chi connectivity index (χ2n) is 8.14. The normalized spacial score (nSPS) is 21.4. The van der Waals surface area contributed by atoms with Crippen molar-refractivity contribution in [2.45, 2.75) is 51.6 Å². The van der Waals surface area contributed by atoms with Crippen LogP contribution < -0.4 is 5.32 Å². The Bertz CT molecular complexity index is 869. The second kappa shape index (κ2) is 9.72. The predicted molar refractivity (Wildman–Crippen MR) is 109 cm³/mol. The molecule has 3 amide bonds. The van der Waals surface area contributed by atoms with E-state index in [-0.39, 0.29) is 36.8 Å². The molecular weight excluding hydrogens is 402 g/mol. The van der Waals surface area contributed by atoms with E-state index in [0.717, 1.165) is 5.01 Å². The van der Waals surface area contributed by atoms with Gasteiger partial charge in [-0.15, -0.1) is 0 Å². The highest BCUT2D eigenvalue weighted by Gasteiger charge is 2.45. The molecule has 2 fully saturated rings. The van der Waals surface area contributed by atoms with E-state index in [1.54, 1.807) is 18.2 Å². The van der Waals surface area contributed by atoms with E-state index in [4.69, 9.17) is 4.74 Å². The van der Waals surface area contributed by atoms with Gasteiger partial charge in [-0.05, 0) is 25.2 Å². The highest BCUT2D eigenvalue weighted by molar-refractivity contribution is 6.43. The number of Topliss-reactive ketones (excluding diaryl/α,β-unsaturated/α-hetero) is 1. The summed E-state index contributed by atoms with van der Waals surface area (Å²) >= 11 is 0. The van der Waals surface area contributed by atoms with Gasteiger partial charge in [0.2, 0.25) is 11.7 Å². The van der Waals surface area contributed by atoms with Gasteiger partial charge in [-0.3, -0.25) is 24.2 Å². The summed E-state index contributed by atoms with van der Waals surface area (Å²) in [4.78, 5) is 63.4. The molecule has 0 bridgehead atoms. The third-order valence-corrected chi connectivity index (χ3v) is 5.24. The average molecular weight is 429 g/mol. The third kappa shape index (κ3) is 5.10. The topological polar surface area (TPSA) is 113 Å². The fourth-order valence-electron chi connectivity index (χ4n) is 3.67. The van der Waals surface area contributed by atoms with E-state index in [9.17, 15) is 24.0 Å². The van der Waals surface area contributed by atoms with Crippen molar-refractivity contribution in [3.8, 4) is 0 Å². The maximum atomic E-state index is 13.3. The van der Waals surface area contributed by atoms with Gasteiger partial charge in [0, 0.05) is 18.5 Å². The number of ether oxygens (including phenoxy) is 1. The minimum absolute atomic E-state index is 0.0144. The first-order valence-electron chi connectivity index (χ1n) is 10.5. The van der Waals surface area contributed by atoms with Crippen LogP contribution in [0.3, 0.4) is 0 Å². The molecule has 3 rings (SSSR count). The highest BCUT2D eigenvalue weighted by Crippen LogP contribution is 2.25. The van der Waals surface area contributed by atoms with Crippen molar-refractivity contribution in [2.24, 2.45) is 5.92 Å². The van der Waals surface area contributed by atoms with E-state index in [1.807, 2.05) is 13.8 Å². The maximum absolute atomic E-state index is 13.3. The van der Waals surface area contributed by atoms with Crippen LogP contribution in [0, 0.1) is 5.92 Å². The Labute approximate surface area is 180 Å². The summed E-state index contributed by atoms with van der Waals surface area (Å²) in [7, 11) is 0. The summed E-state index contributed by atoms with van der Waals surface area (Å²) in [6, 6.07) is 5.97. The molecule has 2 saturated heterocycles. The molecule has 0 aromatic heterocycles. The van der Waals surface area contributed by atoms with E-state index in [0.29, 0.717) is 19.4 Å². The van der Waals surface area contributed by atoms with Gasteiger partial charge in [-0.1, -0.05) is 44.2 Å². The van der Waals surface area contributed by atoms with Crippen LogP contribution in [-0.4, -0.2) is 64.7 Å². The van der Waals surface area contributed by atoms with Gasteiger partial charge in [-0.2, -0.15) is 0 Å². The number of esters is 1. The molecule has 1 aromatic carbocycles. The molecule has 9 heteroatoms. The number of hydrogen-bond donors (Lipinski definition) is 1. The number of rotatable bonds is 6. The Morgan fingerprint density at radius 2 is 1.84 bits per heavy atom.